The fourth-order valence-electron chi connectivity index (χ4n) is 1.81. The van der Waals surface area contributed by atoms with Crippen molar-refractivity contribution >= 4 is 22.6 Å². The van der Waals surface area contributed by atoms with E-state index < -0.39 is 0 Å². The zero-order chi connectivity index (χ0) is 9.26. The van der Waals surface area contributed by atoms with E-state index in [1.807, 2.05) is 0 Å². The van der Waals surface area contributed by atoms with E-state index in [9.17, 15) is 0 Å². The highest BCUT2D eigenvalue weighted by molar-refractivity contribution is 14.1. The minimum Gasteiger partial charge on any atom is -0.394 e. The summed E-state index contributed by atoms with van der Waals surface area (Å²) in [5, 5.41) is 12.5. The SMILES string of the molecule is OC[C@@H]1NCCc2c(I)cccc21. The van der Waals surface area contributed by atoms with Gasteiger partial charge in [-0.2, -0.15) is 0 Å². The Morgan fingerprint density at radius 3 is 3.15 bits per heavy atom. The molecule has 13 heavy (non-hydrogen) atoms. The quantitative estimate of drug-likeness (QED) is 0.767. The van der Waals surface area contributed by atoms with Crippen LogP contribution in [0.25, 0.3) is 0 Å². The Labute approximate surface area is 91.5 Å². The standard InChI is InChI=1S/C10H12INO/c11-9-3-1-2-8-7(9)4-5-12-10(8)6-13/h1-3,10,12-13H,4-6H2/t10-/m0/s1. The van der Waals surface area contributed by atoms with Crippen molar-refractivity contribution in [2.24, 2.45) is 0 Å². The lowest BCUT2D eigenvalue weighted by Crippen LogP contribution is -2.32. The van der Waals surface area contributed by atoms with Gasteiger partial charge in [0.25, 0.3) is 0 Å². The number of halogens is 1. The van der Waals surface area contributed by atoms with Crippen LogP contribution in [0.1, 0.15) is 17.2 Å². The Bertz CT molecular complexity index is 314. The molecule has 2 rings (SSSR count). The Morgan fingerprint density at radius 2 is 2.38 bits per heavy atom. The van der Waals surface area contributed by atoms with Gasteiger partial charge in [0.05, 0.1) is 12.6 Å². The summed E-state index contributed by atoms with van der Waals surface area (Å²) in [5.41, 5.74) is 2.67. The van der Waals surface area contributed by atoms with Gasteiger partial charge in [0.1, 0.15) is 0 Å². The normalized spacial score (nSPS) is 21.2. The van der Waals surface area contributed by atoms with Crippen LogP contribution in [0, 0.1) is 3.57 Å². The van der Waals surface area contributed by atoms with Crippen molar-refractivity contribution in [3.05, 3.63) is 32.9 Å². The van der Waals surface area contributed by atoms with E-state index in [-0.39, 0.29) is 12.6 Å². The van der Waals surface area contributed by atoms with Crippen molar-refractivity contribution in [1.29, 1.82) is 0 Å². The lowest BCUT2D eigenvalue weighted by atomic mass is 9.95. The third-order valence-electron chi connectivity index (χ3n) is 2.48. The summed E-state index contributed by atoms with van der Waals surface area (Å²) in [6.07, 6.45) is 1.07. The molecule has 1 heterocycles. The van der Waals surface area contributed by atoms with E-state index in [4.69, 9.17) is 5.11 Å². The molecule has 0 bridgehead atoms. The van der Waals surface area contributed by atoms with Gasteiger partial charge in [0, 0.05) is 3.57 Å². The Morgan fingerprint density at radius 1 is 1.54 bits per heavy atom. The van der Waals surface area contributed by atoms with Crippen LogP contribution in [0.4, 0.5) is 0 Å². The summed E-state index contributed by atoms with van der Waals surface area (Å²) in [5.74, 6) is 0. The number of hydrogen-bond acceptors (Lipinski definition) is 2. The molecule has 0 aromatic heterocycles. The summed E-state index contributed by atoms with van der Waals surface area (Å²) in [6, 6.07) is 6.42. The maximum atomic E-state index is 9.16. The summed E-state index contributed by atoms with van der Waals surface area (Å²) in [7, 11) is 0. The molecule has 1 atom stereocenters. The van der Waals surface area contributed by atoms with E-state index in [0.717, 1.165) is 13.0 Å². The van der Waals surface area contributed by atoms with Crippen LogP contribution < -0.4 is 5.32 Å². The molecule has 0 radical (unpaired) electrons. The molecular weight excluding hydrogens is 277 g/mol. The molecule has 2 nitrogen and oxygen atoms in total. The lowest BCUT2D eigenvalue weighted by Gasteiger charge is -2.26. The minimum absolute atomic E-state index is 0.137. The van der Waals surface area contributed by atoms with Crippen LogP contribution in [-0.2, 0) is 6.42 Å². The predicted molar refractivity (Wildman–Crippen MR) is 60.7 cm³/mol. The van der Waals surface area contributed by atoms with Gasteiger partial charge in [-0.3, -0.25) is 0 Å². The second-order valence-corrected chi connectivity index (χ2v) is 4.41. The summed E-state index contributed by atoms with van der Waals surface area (Å²) < 4.78 is 1.31. The first kappa shape index (κ1) is 9.43. The highest BCUT2D eigenvalue weighted by Gasteiger charge is 2.19. The van der Waals surface area contributed by atoms with Crippen molar-refractivity contribution < 1.29 is 5.11 Å². The van der Waals surface area contributed by atoms with Gasteiger partial charge in [-0.15, -0.1) is 0 Å². The summed E-state index contributed by atoms with van der Waals surface area (Å²) in [4.78, 5) is 0. The zero-order valence-electron chi connectivity index (χ0n) is 7.26. The van der Waals surface area contributed by atoms with Crippen molar-refractivity contribution in [1.82, 2.24) is 5.32 Å². The molecule has 0 saturated heterocycles. The first-order valence-corrected chi connectivity index (χ1v) is 5.52. The molecule has 1 aliphatic rings. The number of nitrogens with one attached hydrogen (secondary N) is 1. The van der Waals surface area contributed by atoms with Gasteiger partial charge < -0.3 is 10.4 Å². The summed E-state index contributed by atoms with van der Waals surface area (Å²) in [6.45, 7) is 1.16. The number of benzene rings is 1. The molecule has 0 unspecified atom stereocenters. The summed E-state index contributed by atoms with van der Waals surface area (Å²) >= 11 is 2.36. The maximum Gasteiger partial charge on any atom is 0.0626 e. The molecule has 0 saturated carbocycles. The third-order valence-corrected chi connectivity index (χ3v) is 3.49. The molecule has 3 heteroatoms. The first-order valence-electron chi connectivity index (χ1n) is 4.44. The highest BCUT2D eigenvalue weighted by atomic mass is 127. The Balaban J connectivity index is 2.45. The van der Waals surface area contributed by atoms with Gasteiger partial charge in [-0.25, -0.2) is 0 Å². The predicted octanol–water partition coefficient (Wildman–Crippen LogP) is 1.47. The smallest absolute Gasteiger partial charge is 0.0626 e. The topological polar surface area (TPSA) is 32.3 Å². The molecule has 0 aliphatic carbocycles. The molecule has 1 aliphatic heterocycles. The van der Waals surface area contributed by atoms with Gasteiger partial charge in [0.2, 0.25) is 0 Å². The average Bonchev–Trinajstić information content (AvgIpc) is 2.18. The van der Waals surface area contributed by atoms with E-state index in [1.165, 1.54) is 14.7 Å². The van der Waals surface area contributed by atoms with Crippen molar-refractivity contribution in [2.75, 3.05) is 13.2 Å². The minimum atomic E-state index is 0.137. The van der Waals surface area contributed by atoms with Gasteiger partial charge in [-0.05, 0) is 52.7 Å². The van der Waals surface area contributed by atoms with Crippen LogP contribution in [0.3, 0.4) is 0 Å². The van der Waals surface area contributed by atoms with Gasteiger partial charge >= 0.3 is 0 Å². The number of aliphatic hydroxyl groups is 1. The highest BCUT2D eigenvalue weighted by Crippen LogP contribution is 2.26. The molecule has 1 aromatic rings. The Kier molecular flexibility index (Phi) is 2.86. The number of aliphatic hydroxyl groups excluding tert-OH is 1. The molecule has 0 fully saturated rings. The van der Waals surface area contributed by atoms with E-state index in [0.29, 0.717) is 0 Å². The van der Waals surface area contributed by atoms with E-state index in [1.54, 1.807) is 0 Å². The van der Waals surface area contributed by atoms with E-state index in [2.05, 4.69) is 46.1 Å². The third kappa shape index (κ3) is 1.73. The first-order chi connectivity index (χ1) is 6.33. The van der Waals surface area contributed by atoms with Gasteiger partial charge in [-0.1, -0.05) is 12.1 Å². The molecule has 0 amide bonds. The molecule has 70 valence electrons. The monoisotopic (exact) mass is 289 g/mol. The van der Waals surface area contributed by atoms with Crippen LogP contribution in [0.15, 0.2) is 18.2 Å². The number of fused-ring (bicyclic) bond motifs is 1. The van der Waals surface area contributed by atoms with Crippen LogP contribution in [0.2, 0.25) is 0 Å². The average molecular weight is 289 g/mol. The second kappa shape index (κ2) is 3.94. The number of rotatable bonds is 1. The van der Waals surface area contributed by atoms with E-state index >= 15 is 0 Å². The number of hydrogen-bond donors (Lipinski definition) is 2. The molecular formula is C10H12INO. The van der Waals surface area contributed by atoms with Crippen molar-refractivity contribution in [2.45, 2.75) is 12.5 Å². The molecule has 2 N–H and O–H groups in total. The fourth-order valence-corrected chi connectivity index (χ4v) is 2.60. The van der Waals surface area contributed by atoms with Gasteiger partial charge in [0.15, 0.2) is 0 Å². The van der Waals surface area contributed by atoms with Crippen LogP contribution in [0.5, 0.6) is 0 Å². The zero-order valence-corrected chi connectivity index (χ0v) is 9.41. The van der Waals surface area contributed by atoms with Crippen LogP contribution in [-0.4, -0.2) is 18.3 Å². The molecule has 1 aromatic carbocycles. The maximum absolute atomic E-state index is 9.16. The van der Waals surface area contributed by atoms with Crippen molar-refractivity contribution in [3.63, 3.8) is 0 Å². The Hall–Kier alpha value is -0.130. The van der Waals surface area contributed by atoms with Crippen molar-refractivity contribution in [3.8, 4) is 0 Å². The second-order valence-electron chi connectivity index (χ2n) is 3.25. The molecule has 0 spiro atoms. The fraction of sp³-hybridized carbons (Fsp3) is 0.400. The lowest BCUT2D eigenvalue weighted by molar-refractivity contribution is 0.240. The largest absolute Gasteiger partial charge is 0.394 e. The van der Waals surface area contributed by atoms with Crippen LogP contribution >= 0.6 is 22.6 Å².